The molecule has 96 valence electrons. The number of nitrogens with zero attached hydrogens (tertiary/aromatic N) is 2. The minimum Gasteiger partial charge on any atom is -0.478 e. The molecule has 0 radical (unpaired) electrons. The molecule has 0 spiro atoms. The molecule has 0 aromatic carbocycles. The van der Waals surface area contributed by atoms with Crippen molar-refractivity contribution in [3.8, 4) is 0 Å². The SMILES string of the molecule is CC(Cl)C(=O)N1CCc2c(cncc2C(=O)O)C1. The van der Waals surface area contributed by atoms with Crippen LogP contribution in [0.1, 0.15) is 28.4 Å². The normalized spacial score (nSPS) is 16.0. The molecule has 1 atom stereocenters. The van der Waals surface area contributed by atoms with Crippen LogP contribution in [-0.2, 0) is 17.8 Å². The third-order valence-corrected chi connectivity index (χ3v) is 3.21. The molecular formula is C12H13ClN2O3. The van der Waals surface area contributed by atoms with Crippen LogP contribution in [0.2, 0.25) is 0 Å². The zero-order valence-electron chi connectivity index (χ0n) is 9.89. The summed E-state index contributed by atoms with van der Waals surface area (Å²) in [5, 5.41) is 8.50. The maximum atomic E-state index is 11.8. The number of alkyl halides is 1. The van der Waals surface area contributed by atoms with E-state index in [4.69, 9.17) is 16.7 Å². The average Bonchev–Trinajstić information content (AvgIpc) is 2.36. The first-order valence-electron chi connectivity index (χ1n) is 5.62. The lowest BCUT2D eigenvalue weighted by molar-refractivity contribution is -0.131. The second-order valence-electron chi connectivity index (χ2n) is 4.26. The number of pyridine rings is 1. The minimum absolute atomic E-state index is 0.136. The van der Waals surface area contributed by atoms with E-state index in [9.17, 15) is 9.59 Å². The summed E-state index contributed by atoms with van der Waals surface area (Å²) in [5.74, 6) is -1.12. The van der Waals surface area contributed by atoms with Crippen LogP contribution >= 0.6 is 11.6 Å². The van der Waals surface area contributed by atoms with Crippen molar-refractivity contribution in [2.75, 3.05) is 6.54 Å². The van der Waals surface area contributed by atoms with Gasteiger partial charge in [0.2, 0.25) is 5.91 Å². The number of carbonyl (C=O) groups excluding carboxylic acids is 1. The standard InChI is InChI=1S/C12H13ClN2O3/c1-7(13)11(16)15-3-2-9-8(6-15)4-14-5-10(9)12(17)18/h4-5,7H,2-3,6H2,1H3,(H,17,18). The van der Waals surface area contributed by atoms with Gasteiger partial charge in [-0.25, -0.2) is 4.79 Å². The van der Waals surface area contributed by atoms with Gasteiger partial charge in [0.25, 0.3) is 0 Å². The highest BCUT2D eigenvalue weighted by molar-refractivity contribution is 6.30. The number of hydrogen-bond donors (Lipinski definition) is 1. The van der Waals surface area contributed by atoms with E-state index < -0.39 is 11.3 Å². The Hall–Kier alpha value is -1.62. The Bertz CT molecular complexity index is 502. The van der Waals surface area contributed by atoms with Crippen LogP contribution in [0.4, 0.5) is 0 Å². The molecule has 6 heteroatoms. The number of aromatic nitrogens is 1. The largest absolute Gasteiger partial charge is 0.478 e. The van der Waals surface area contributed by atoms with Crippen LogP contribution < -0.4 is 0 Å². The Morgan fingerprint density at radius 2 is 2.22 bits per heavy atom. The van der Waals surface area contributed by atoms with Crippen molar-refractivity contribution >= 4 is 23.5 Å². The molecule has 1 aliphatic heterocycles. The molecule has 1 N–H and O–H groups in total. The lowest BCUT2D eigenvalue weighted by atomic mass is 9.97. The second kappa shape index (κ2) is 4.94. The predicted molar refractivity (Wildman–Crippen MR) is 65.6 cm³/mol. The lowest BCUT2D eigenvalue weighted by Gasteiger charge is -2.30. The number of carboxylic acids is 1. The van der Waals surface area contributed by atoms with E-state index in [-0.39, 0.29) is 11.5 Å². The molecule has 1 amide bonds. The molecule has 0 saturated heterocycles. The molecule has 0 bridgehead atoms. The molecule has 1 aromatic rings. The lowest BCUT2D eigenvalue weighted by Crippen LogP contribution is -2.40. The van der Waals surface area contributed by atoms with Crippen molar-refractivity contribution in [2.24, 2.45) is 0 Å². The molecule has 2 heterocycles. The Labute approximate surface area is 109 Å². The summed E-state index contributed by atoms with van der Waals surface area (Å²) in [6.45, 7) is 2.50. The number of carboxylic acid groups (broad SMARTS) is 1. The van der Waals surface area contributed by atoms with Gasteiger partial charge in [-0.2, -0.15) is 0 Å². The quantitative estimate of drug-likeness (QED) is 0.821. The molecule has 5 nitrogen and oxygen atoms in total. The summed E-state index contributed by atoms with van der Waals surface area (Å²) in [6, 6.07) is 0. The van der Waals surface area contributed by atoms with Gasteiger partial charge >= 0.3 is 5.97 Å². The van der Waals surface area contributed by atoms with Gasteiger partial charge in [0.05, 0.1) is 5.56 Å². The second-order valence-corrected chi connectivity index (χ2v) is 4.91. The fraction of sp³-hybridized carbons (Fsp3) is 0.417. The van der Waals surface area contributed by atoms with Crippen molar-refractivity contribution in [1.82, 2.24) is 9.88 Å². The smallest absolute Gasteiger partial charge is 0.337 e. The summed E-state index contributed by atoms with van der Waals surface area (Å²) in [7, 11) is 0. The van der Waals surface area contributed by atoms with Crippen LogP contribution in [0, 0.1) is 0 Å². The van der Waals surface area contributed by atoms with E-state index in [0.29, 0.717) is 19.5 Å². The highest BCUT2D eigenvalue weighted by atomic mass is 35.5. The van der Waals surface area contributed by atoms with Crippen LogP contribution in [0.25, 0.3) is 0 Å². The summed E-state index contributed by atoms with van der Waals surface area (Å²) in [5.41, 5.74) is 1.77. The molecular weight excluding hydrogens is 256 g/mol. The fourth-order valence-corrected chi connectivity index (χ4v) is 2.26. The predicted octanol–water partition coefficient (Wildman–Crippen LogP) is 1.29. The minimum atomic E-state index is -0.982. The van der Waals surface area contributed by atoms with E-state index in [1.54, 1.807) is 18.0 Å². The van der Waals surface area contributed by atoms with Gasteiger partial charge in [0.15, 0.2) is 0 Å². The number of halogens is 1. The maximum Gasteiger partial charge on any atom is 0.337 e. The van der Waals surface area contributed by atoms with Crippen LogP contribution in [0.15, 0.2) is 12.4 Å². The molecule has 0 aliphatic carbocycles. The molecule has 0 fully saturated rings. The van der Waals surface area contributed by atoms with E-state index >= 15 is 0 Å². The van der Waals surface area contributed by atoms with Gasteiger partial charge in [0, 0.05) is 25.5 Å². The Kier molecular flexibility index (Phi) is 3.52. The van der Waals surface area contributed by atoms with Gasteiger partial charge in [-0.15, -0.1) is 11.6 Å². The molecule has 0 saturated carbocycles. The van der Waals surface area contributed by atoms with Crippen molar-refractivity contribution in [2.45, 2.75) is 25.3 Å². The monoisotopic (exact) mass is 268 g/mol. The molecule has 1 unspecified atom stereocenters. The molecule has 2 rings (SSSR count). The van der Waals surface area contributed by atoms with Gasteiger partial charge in [0.1, 0.15) is 5.38 Å². The van der Waals surface area contributed by atoms with E-state index in [2.05, 4.69) is 4.98 Å². The number of hydrogen-bond acceptors (Lipinski definition) is 3. The van der Waals surface area contributed by atoms with Gasteiger partial charge < -0.3 is 10.0 Å². The molecule has 18 heavy (non-hydrogen) atoms. The first-order valence-corrected chi connectivity index (χ1v) is 6.06. The van der Waals surface area contributed by atoms with Gasteiger partial charge in [-0.1, -0.05) is 0 Å². The van der Waals surface area contributed by atoms with Gasteiger partial charge in [-0.05, 0) is 24.5 Å². The van der Waals surface area contributed by atoms with Crippen LogP contribution in [0.3, 0.4) is 0 Å². The maximum absolute atomic E-state index is 11.8. The van der Waals surface area contributed by atoms with Crippen molar-refractivity contribution in [3.63, 3.8) is 0 Å². The summed E-state index contributed by atoms with van der Waals surface area (Å²) in [4.78, 5) is 28.4. The van der Waals surface area contributed by atoms with Crippen molar-refractivity contribution in [1.29, 1.82) is 0 Å². The number of carbonyl (C=O) groups is 2. The van der Waals surface area contributed by atoms with Crippen molar-refractivity contribution in [3.05, 3.63) is 29.1 Å². The number of amides is 1. The Morgan fingerprint density at radius 3 is 2.83 bits per heavy atom. The zero-order chi connectivity index (χ0) is 13.3. The van der Waals surface area contributed by atoms with Gasteiger partial charge in [-0.3, -0.25) is 9.78 Å². The first kappa shape index (κ1) is 12.8. The highest BCUT2D eigenvalue weighted by Crippen LogP contribution is 2.22. The van der Waals surface area contributed by atoms with E-state index in [1.807, 2.05) is 0 Å². The zero-order valence-corrected chi connectivity index (χ0v) is 10.6. The molecule has 1 aliphatic rings. The van der Waals surface area contributed by atoms with Crippen LogP contribution in [0.5, 0.6) is 0 Å². The fourth-order valence-electron chi connectivity index (χ4n) is 2.12. The van der Waals surface area contributed by atoms with E-state index in [0.717, 1.165) is 11.1 Å². The summed E-state index contributed by atoms with van der Waals surface area (Å²) < 4.78 is 0. The average molecular weight is 269 g/mol. The highest BCUT2D eigenvalue weighted by Gasteiger charge is 2.26. The van der Waals surface area contributed by atoms with E-state index in [1.165, 1.54) is 6.20 Å². The van der Waals surface area contributed by atoms with Crippen LogP contribution in [-0.4, -0.2) is 38.8 Å². The third-order valence-electron chi connectivity index (χ3n) is 3.02. The summed E-state index contributed by atoms with van der Waals surface area (Å²) in [6.07, 6.45) is 3.48. The third kappa shape index (κ3) is 2.31. The number of fused-ring (bicyclic) bond motifs is 1. The first-order chi connectivity index (χ1) is 8.50. The topological polar surface area (TPSA) is 70.5 Å². The Balaban J connectivity index is 2.28. The van der Waals surface area contributed by atoms with Crippen molar-refractivity contribution < 1.29 is 14.7 Å². The number of aromatic carboxylic acids is 1. The summed E-state index contributed by atoms with van der Waals surface area (Å²) >= 11 is 5.77. The Morgan fingerprint density at radius 1 is 1.50 bits per heavy atom. The number of rotatable bonds is 2. The molecule has 1 aromatic heterocycles.